The lowest BCUT2D eigenvalue weighted by atomic mass is 10.1. The smallest absolute Gasteiger partial charge is 0.193 e. The molecule has 1 aromatic rings. The summed E-state index contributed by atoms with van der Waals surface area (Å²) < 4.78 is 0. The molecule has 1 rings (SSSR count). The predicted octanol–water partition coefficient (Wildman–Crippen LogP) is 3.05. The highest BCUT2D eigenvalue weighted by Gasteiger charge is 2.07. The molecule has 3 heteroatoms. The molecule has 0 heterocycles. The minimum Gasteiger partial charge on any atom is -0.356 e. The van der Waals surface area contributed by atoms with E-state index in [0.29, 0.717) is 5.92 Å². The Morgan fingerprint density at radius 1 is 1.32 bits per heavy atom. The third kappa shape index (κ3) is 5.33. The van der Waals surface area contributed by atoms with E-state index in [1.54, 1.807) is 0 Å². The third-order valence-corrected chi connectivity index (χ3v) is 3.25. The summed E-state index contributed by atoms with van der Waals surface area (Å²) in [5.74, 6) is 1.68. The molecule has 0 unspecified atom stereocenters. The number of nitrogens with zero attached hydrogens (tertiary/aromatic N) is 2. The minimum absolute atomic E-state index is 0.715. The van der Waals surface area contributed by atoms with Crippen molar-refractivity contribution in [3.63, 3.8) is 0 Å². The lowest BCUT2D eigenvalue weighted by Crippen LogP contribution is -2.39. The lowest BCUT2D eigenvalue weighted by molar-refractivity contribution is 0.468. The molecule has 1 aromatic carbocycles. The molecular formula is C16H27N3. The Labute approximate surface area is 117 Å². The summed E-state index contributed by atoms with van der Waals surface area (Å²) in [4.78, 5) is 6.51. The number of guanidine groups is 1. The van der Waals surface area contributed by atoms with E-state index in [1.165, 1.54) is 11.1 Å². The van der Waals surface area contributed by atoms with E-state index in [0.717, 1.165) is 25.5 Å². The molecule has 0 saturated carbocycles. The Balaban J connectivity index is 2.55. The third-order valence-electron chi connectivity index (χ3n) is 3.25. The largest absolute Gasteiger partial charge is 0.356 e. The summed E-state index contributed by atoms with van der Waals surface area (Å²) in [6, 6.07) is 8.49. The van der Waals surface area contributed by atoms with Crippen LogP contribution in [0.4, 0.5) is 0 Å². The van der Waals surface area contributed by atoms with Crippen LogP contribution in [0.5, 0.6) is 0 Å². The fraction of sp³-hybridized carbons (Fsp3) is 0.562. The highest BCUT2D eigenvalue weighted by molar-refractivity contribution is 5.79. The van der Waals surface area contributed by atoms with Crippen LogP contribution in [0.3, 0.4) is 0 Å². The van der Waals surface area contributed by atoms with Gasteiger partial charge in [-0.15, -0.1) is 0 Å². The van der Waals surface area contributed by atoms with Crippen LogP contribution in [-0.2, 0) is 6.54 Å². The van der Waals surface area contributed by atoms with E-state index in [9.17, 15) is 0 Å². The van der Waals surface area contributed by atoms with Gasteiger partial charge in [0.15, 0.2) is 5.96 Å². The molecule has 0 aliphatic rings. The van der Waals surface area contributed by atoms with Crippen molar-refractivity contribution >= 4 is 5.96 Å². The van der Waals surface area contributed by atoms with Crippen molar-refractivity contribution in [2.24, 2.45) is 10.9 Å². The van der Waals surface area contributed by atoms with Crippen molar-refractivity contribution < 1.29 is 0 Å². The van der Waals surface area contributed by atoms with Crippen LogP contribution in [-0.4, -0.2) is 31.5 Å². The molecule has 1 N–H and O–H groups in total. The average molecular weight is 261 g/mol. The van der Waals surface area contributed by atoms with Gasteiger partial charge in [-0.05, 0) is 30.4 Å². The van der Waals surface area contributed by atoms with Crippen LogP contribution in [0.15, 0.2) is 29.3 Å². The molecular weight excluding hydrogens is 234 g/mol. The maximum atomic E-state index is 4.34. The first-order chi connectivity index (χ1) is 9.04. The molecule has 0 aliphatic carbocycles. The zero-order valence-corrected chi connectivity index (χ0v) is 12.9. The first kappa shape index (κ1) is 15.5. The number of aliphatic imine (C=N–C) groups is 1. The maximum Gasteiger partial charge on any atom is 0.193 e. The van der Waals surface area contributed by atoms with Gasteiger partial charge in [-0.1, -0.05) is 38.1 Å². The molecule has 19 heavy (non-hydrogen) atoms. The second-order valence-corrected chi connectivity index (χ2v) is 5.44. The fourth-order valence-corrected chi connectivity index (χ4v) is 1.98. The van der Waals surface area contributed by atoms with E-state index in [4.69, 9.17) is 0 Å². The number of hydrogen-bond donors (Lipinski definition) is 1. The Hall–Kier alpha value is -1.51. The summed E-state index contributed by atoms with van der Waals surface area (Å²) in [7, 11) is 3.92. The fourth-order valence-electron chi connectivity index (χ4n) is 1.98. The maximum absolute atomic E-state index is 4.34. The predicted molar refractivity (Wildman–Crippen MR) is 83.5 cm³/mol. The van der Waals surface area contributed by atoms with Crippen molar-refractivity contribution in [1.82, 2.24) is 10.2 Å². The normalized spacial score (nSPS) is 11.8. The standard InChI is InChI=1S/C16H27N3/c1-13(2)10-11-18-16(17-4)19(5)12-15-9-7-6-8-14(15)3/h6-9,13H,10-12H2,1-5H3,(H,17,18). The molecule has 0 fully saturated rings. The van der Waals surface area contributed by atoms with Crippen molar-refractivity contribution in [2.45, 2.75) is 33.7 Å². The molecule has 0 spiro atoms. The summed E-state index contributed by atoms with van der Waals surface area (Å²) >= 11 is 0. The summed E-state index contributed by atoms with van der Waals surface area (Å²) in [5, 5.41) is 3.42. The first-order valence-corrected chi connectivity index (χ1v) is 7.01. The Kier molecular flexibility index (Phi) is 6.40. The molecule has 0 saturated heterocycles. The van der Waals surface area contributed by atoms with Crippen molar-refractivity contribution in [1.29, 1.82) is 0 Å². The van der Waals surface area contributed by atoms with Gasteiger partial charge in [0.1, 0.15) is 0 Å². The van der Waals surface area contributed by atoms with Gasteiger partial charge in [0.25, 0.3) is 0 Å². The number of aryl methyl sites for hydroxylation is 1. The molecule has 0 aliphatic heterocycles. The van der Waals surface area contributed by atoms with Crippen molar-refractivity contribution in [3.05, 3.63) is 35.4 Å². The Morgan fingerprint density at radius 3 is 2.58 bits per heavy atom. The minimum atomic E-state index is 0.715. The number of benzene rings is 1. The summed E-state index contributed by atoms with van der Waals surface area (Å²) in [6.45, 7) is 8.48. The molecule has 0 amide bonds. The quantitative estimate of drug-likeness (QED) is 0.651. The summed E-state index contributed by atoms with van der Waals surface area (Å²) in [6.07, 6.45) is 1.16. The molecule has 106 valence electrons. The van der Waals surface area contributed by atoms with E-state index in [1.807, 2.05) is 7.05 Å². The van der Waals surface area contributed by atoms with Gasteiger partial charge in [-0.3, -0.25) is 4.99 Å². The van der Waals surface area contributed by atoms with Gasteiger partial charge in [-0.2, -0.15) is 0 Å². The molecule has 0 aromatic heterocycles. The molecule has 3 nitrogen and oxygen atoms in total. The van der Waals surface area contributed by atoms with Crippen LogP contribution >= 0.6 is 0 Å². The monoisotopic (exact) mass is 261 g/mol. The van der Waals surface area contributed by atoms with Gasteiger partial charge in [0.2, 0.25) is 0 Å². The zero-order valence-electron chi connectivity index (χ0n) is 12.9. The van der Waals surface area contributed by atoms with E-state index < -0.39 is 0 Å². The van der Waals surface area contributed by atoms with Gasteiger partial charge in [-0.25, -0.2) is 0 Å². The van der Waals surface area contributed by atoms with Crippen LogP contribution in [0, 0.1) is 12.8 Å². The first-order valence-electron chi connectivity index (χ1n) is 7.01. The van der Waals surface area contributed by atoms with Gasteiger partial charge in [0, 0.05) is 27.2 Å². The second kappa shape index (κ2) is 7.82. The van der Waals surface area contributed by atoms with Gasteiger partial charge in [0.05, 0.1) is 0 Å². The van der Waals surface area contributed by atoms with Gasteiger partial charge >= 0.3 is 0 Å². The molecule has 0 bridgehead atoms. The van der Waals surface area contributed by atoms with Gasteiger partial charge < -0.3 is 10.2 Å². The topological polar surface area (TPSA) is 27.6 Å². The van der Waals surface area contributed by atoms with E-state index in [2.05, 4.69) is 67.3 Å². The van der Waals surface area contributed by atoms with E-state index >= 15 is 0 Å². The molecule has 0 radical (unpaired) electrons. The average Bonchev–Trinajstić information content (AvgIpc) is 2.37. The van der Waals surface area contributed by atoms with Crippen LogP contribution in [0.25, 0.3) is 0 Å². The van der Waals surface area contributed by atoms with Crippen molar-refractivity contribution in [3.8, 4) is 0 Å². The highest BCUT2D eigenvalue weighted by Crippen LogP contribution is 2.09. The van der Waals surface area contributed by atoms with Crippen molar-refractivity contribution in [2.75, 3.05) is 20.6 Å². The molecule has 0 atom stereocenters. The highest BCUT2D eigenvalue weighted by atomic mass is 15.3. The SMILES string of the molecule is CN=C(NCCC(C)C)N(C)Cc1ccccc1C. The second-order valence-electron chi connectivity index (χ2n) is 5.44. The number of nitrogens with one attached hydrogen (secondary N) is 1. The Morgan fingerprint density at radius 2 is 2.00 bits per heavy atom. The zero-order chi connectivity index (χ0) is 14.3. The number of hydrogen-bond acceptors (Lipinski definition) is 1. The number of rotatable bonds is 5. The lowest BCUT2D eigenvalue weighted by Gasteiger charge is -2.23. The van der Waals surface area contributed by atoms with E-state index in [-0.39, 0.29) is 0 Å². The van der Waals surface area contributed by atoms with Crippen LogP contribution in [0.1, 0.15) is 31.4 Å². The van der Waals surface area contributed by atoms with Crippen LogP contribution < -0.4 is 5.32 Å². The van der Waals surface area contributed by atoms with Crippen LogP contribution in [0.2, 0.25) is 0 Å². The Bertz CT molecular complexity index is 410. The summed E-state index contributed by atoms with van der Waals surface area (Å²) in [5.41, 5.74) is 2.67.